The van der Waals surface area contributed by atoms with Crippen LogP contribution in [0.4, 0.5) is 0 Å². The number of hydrogen-bond donors (Lipinski definition) is 0. The maximum atomic E-state index is 14.4. The molecule has 0 aliphatic heterocycles. The molecule has 26 heavy (non-hydrogen) atoms. The van der Waals surface area contributed by atoms with Gasteiger partial charge in [-0.25, -0.2) is 0 Å². The van der Waals surface area contributed by atoms with Crippen molar-refractivity contribution in [3.8, 4) is 0 Å². The van der Waals surface area contributed by atoms with Crippen molar-refractivity contribution in [1.29, 1.82) is 0 Å². The van der Waals surface area contributed by atoms with E-state index in [-0.39, 0.29) is 15.6 Å². The molecule has 0 atom stereocenters. The number of carbonyl (C=O) groups excluding carboxylic acids is 1. The minimum Gasteiger partial charge on any atom is -0.305 e. The van der Waals surface area contributed by atoms with Crippen molar-refractivity contribution in [3.63, 3.8) is 0 Å². The van der Waals surface area contributed by atoms with E-state index in [1.165, 1.54) is 0 Å². The van der Waals surface area contributed by atoms with Crippen LogP contribution in [-0.4, -0.2) is 5.52 Å². The normalized spacial score (nSPS) is 11.4. The molecule has 5 heteroatoms. The lowest BCUT2D eigenvalue weighted by Crippen LogP contribution is -2.26. The zero-order chi connectivity index (χ0) is 18.9. The third-order valence-electron chi connectivity index (χ3n) is 4.37. The summed E-state index contributed by atoms with van der Waals surface area (Å²) in [6, 6.07) is 19.3. The summed E-state index contributed by atoms with van der Waals surface area (Å²) < 4.78 is 14.4. The first-order valence-corrected chi connectivity index (χ1v) is 10.5. The third-order valence-corrected chi connectivity index (χ3v) is 8.16. The molecule has 3 rings (SSSR count). The minimum atomic E-state index is -3.67. The molecule has 132 valence electrons. The van der Waals surface area contributed by atoms with Gasteiger partial charge in [0.2, 0.25) is 12.7 Å². The van der Waals surface area contributed by atoms with Gasteiger partial charge >= 0.3 is 0 Å². The van der Waals surface area contributed by atoms with Crippen molar-refractivity contribution in [2.45, 2.75) is 13.8 Å². The molecule has 0 spiro atoms. The Morgan fingerprint density at radius 1 is 0.731 bits per heavy atom. The highest BCUT2D eigenvalue weighted by molar-refractivity contribution is 7.93. The Kier molecular flexibility index (Phi) is 5.39. The molecule has 0 heterocycles. The zero-order valence-electron chi connectivity index (χ0n) is 14.4. The number of rotatable bonds is 4. The van der Waals surface area contributed by atoms with E-state index >= 15 is 0 Å². The van der Waals surface area contributed by atoms with Crippen LogP contribution in [0.25, 0.3) is 0 Å². The van der Waals surface area contributed by atoms with Gasteiger partial charge in [-0.2, -0.15) is 0 Å². The van der Waals surface area contributed by atoms with Crippen molar-refractivity contribution >= 4 is 46.5 Å². The first kappa shape index (κ1) is 18.9. The molecule has 0 aromatic heterocycles. The summed E-state index contributed by atoms with van der Waals surface area (Å²) in [4.78, 5) is 13.6. The molecule has 0 saturated carbocycles. The van der Waals surface area contributed by atoms with Gasteiger partial charge < -0.3 is 4.57 Å². The SMILES string of the molecule is Cc1ccccc1P(=O)(C(=O)c1c(Cl)cccc1Cl)c1ccccc1C. The molecule has 0 aliphatic rings. The van der Waals surface area contributed by atoms with Gasteiger partial charge in [0.1, 0.15) is 0 Å². The van der Waals surface area contributed by atoms with Gasteiger partial charge in [0, 0.05) is 10.6 Å². The fourth-order valence-electron chi connectivity index (χ4n) is 3.04. The molecule has 0 radical (unpaired) electrons. The molecular formula is C21H17Cl2O2P. The summed E-state index contributed by atoms with van der Waals surface area (Å²) in [6.45, 7) is 3.70. The van der Waals surface area contributed by atoms with Crippen LogP contribution in [0.5, 0.6) is 0 Å². The van der Waals surface area contributed by atoms with E-state index in [1.54, 1.807) is 42.5 Å². The predicted octanol–water partition coefficient (Wildman–Crippen LogP) is 5.76. The van der Waals surface area contributed by atoms with E-state index in [1.807, 2.05) is 38.1 Å². The van der Waals surface area contributed by atoms with Crippen molar-refractivity contribution in [3.05, 3.63) is 93.5 Å². The second-order valence-corrected chi connectivity index (χ2v) is 9.49. The third kappa shape index (κ3) is 3.14. The van der Waals surface area contributed by atoms with Gasteiger partial charge in [-0.05, 0) is 37.1 Å². The molecule has 0 unspecified atom stereocenters. The lowest BCUT2D eigenvalue weighted by molar-refractivity contribution is 0.107. The summed E-state index contributed by atoms with van der Waals surface area (Å²) >= 11 is 12.5. The molecule has 0 aliphatic carbocycles. The highest BCUT2D eigenvalue weighted by Crippen LogP contribution is 2.50. The van der Waals surface area contributed by atoms with Crippen molar-refractivity contribution in [1.82, 2.24) is 0 Å². The van der Waals surface area contributed by atoms with Crippen LogP contribution in [0.15, 0.2) is 66.7 Å². The van der Waals surface area contributed by atoms with Crippen LogP contribution in [0.3, 0.4) is 0 Å². The first-order chi connectivity index (χ1) is 12.4. The van der Waals surface area contributed by atoms with Gasteiger partial charge in [0.05, 0.1) is 15.6 Å². The van der Waals surface area contributed by atoms with Crippen LogP contribution in [-0.2, 0) is 4.57 Å². The topological polar surface area (TPSA) is 34.1 Å². The van der Waals surface area contributed by atoms with Crippen LogP contribution < -0.4 is 10.6 Å². The van der Waals surface area contributed by atoms with Gasteiger partial charge in [0.15, 0.2) is 0 Å². The van der Waals surface area contributed by atoms with E-state index in [9.17, 15) is 9.36 Å². The summed E-state index contributed by atoms with van der Waals surface area (Å²) in [7, 11) is -3.67. The maximum absolute atomic E-state index is 14.4. The average Bonchev–Trinajstić information content (AvgIpc) is 2.61. The molecular weight excluding hydrogens is 386 g/mol. The molecule has 0 amide bonds. The zero-order valence-corrected chi connectivity index (χ0v) is 16.8. The van der Waals surface area contributed by atoms with Crippen molar-refractivity contribution in [2.24, 2.45) is 0 Å². The quantitative estimate of drug-likeness (QED) is 0.519. The minimum absolute atomic E-state index is 0.102. The Morgan fingerprint density at radius 2 is 1.15 bits per heavy atom. The average molecular weight is 403 g/mol. The second kappa shape index (κ2) is 7.40. The Hall–Kier alpha value is -1.86. The smallest absolute Gasteiger partial charge is 0.233 e. The number of aryl methyl sites for hydroxylation is 2. The van der Waals surface area contributed by atoms with Crippen LogP contribution >= 0.6 is 30.3 Å². The number of halogens is 2. The molecule has 0 bridgehead atoms. The van der Waals surface area contributed by atoms with Gasteiger partial charge in [-0.15, -0.1) is 0 Å². The fraction of sp³-hybridized carbons (Fsp3) is 0.0952. The largest absolute Gasteiger partial charge is 0.305 e. The van der Waals surface area contributed by atoms with Crippen LogP contribution in [0.1, 0.15) is 21.5 Å². The van der Waals surface area contributed by atoms with E-state index in [0.29, 0.717) is 10.6 Å². The Labute approximate surface area is 163 Å². The summed E-state index contributed by atoms with van der Waals surface area (Å²) in [5.41, 5.74) is 1.13. The molecule has 2 nitrogen and oxygen atoms in total. The number of benzene rings is 3. The van der Waals surface area contributed by atoms with Gasteiger partial charge in [-0.1, -0.05) is 77.8 Å². The summed E-state index contributed by atoms with van der Waals surface area (Å²) in [6.07, 6.45) is 0. The highest BCUT2D eigenvalue weighted by atomic mass is 35.5. The monoisotopic (exact) mass is 402 g/mol. The maximum Gasteiger partial charge on any atom is 0.233 e. The molecule has 0 saturated heterocycles. The Balaban J connectivity index is 2.37. The Bertz CT molecular complexity index is 974. The van der Waals surface area contributed by atoms with E-state index in [0.717, 1.165) is 11.1 Å². The van der Waals surface area contributed by atoms with Crippen molar-refractivity contribution < 1.29 is 9.36 Å². The number of carbonyl (C=O) groups is 1. The Morgan fingerprint density at radius 3 is 1.58 bits per heavy atom. The molecule has 3 aromatic carbocycles. The summed E-state index contributed by atoms with van der Waals surface area (Å²) in [5, 5.41) is 1.42. The highest BCUT2D eigenvalue weighted by Gasteiger charge is 2.40. The summed E-state index contributed by atoms with van der Waals surface area (Å²) in [5.74, 6) is 0. The van der Waals surface area contributed by atoms with Crippen LogP contribution in [0, 0.1) is 13.8 Å². The fourth-order valence-corrected chi connectivity index (χ4v) is 6.73. The van der Waals surface area contributed by atoms with Gasteiger partial charge in [0.25, 0.3) is 0 Å². The predicted molar refractivity (Wildman–Crippen MR) is 110 cm³/mol. The molecule has 0 fully saturated rings. The van der Waals surface area contributed by atoms with Crippen LogP contribution in [0.2, 0.25) is 10.0 Å². The standard InChI is InChI=1S/C21H17Cl2O2P/c1-14-8-3-5-12-18(14)26(25,19-13-6-4-9-15(19)2)21(24)20-16(22)10-7-11-17(20)23/h3-13H,1-2H3. The van der Waals surface area contributed by atoms with E-state index in [2.05, 4.69) is 0 Å². The van der Waals surface area contributed by atoms with Crippen molar-refractivity contribution in [2.75, 3.05) is 0 Å². The van der Waals surface area contributed by atoms with Gasteiger partial charge in [-0.3, -0.25) is 4.79 Å². The molecule has 0 N–H and O–H groups in total. The van der Waals surface area contributed by atoms with E-state index in [4.69, 9.17) is 23.2 Å². The first-order valence-electron chi connectivity index (χ1n) is 8.08. The number of hydrogen-bond acceptors (Lipinski definition) is 2. The van der Waals surface area contributed by atoms with E-state index < -0.39 is 12.7 Å². The lowest BCUT2D eigenvalue weighted by Gasteiger charge is -2.22. The second-order valence-electron chi connectivity index (χ2n) is 6.08. The molecule has 3 aromatic rings. The lowest BCUT2D eigenvalue weighted by atomic mass is 10.2.